The molecule has 0 aliphatic carbocycles. The molecular weight excluding hydrogens is 238 g/mol. The number of hydrogen-bond acceptors (Lipinski definition) is 4. The first-order valence-electron chi connectivity index (χ1n) is 6.36. The molecule has 19 heavy (non-hydrogen) atoms. The summed E-state index contributed by atoms with van der Waals surface area (Å²) < 4.78 is 2.12. The highest BCUT2D eigenvalue weighted by molar-refractivity contribution is 6.07. The molecule has 5 nitrogen and oxygen atoms in total. The number of nitrogen functional groups attached to an aromatic ring is 2. The first-order valence-corrected chi connectivity index (χ1v) is 6.36. The molecule has 0 fully saturated rings. The summed E-state index contributed by atoms with van der Waals surface area (Å²) in [5, 5.41) is 1.00. The molecule has 0 unspecified atom stereocenters. The number of rotatable bonds is 2. The molecule has 1 aromatic carbocycles. The molecule has 0 saturated carbocycles. The Morgan fingerprint density at radius 2 is 2.05 bits per heavy atom. The highest BCUT2D eigenvalue weighted by atomic mass is 15.1. The van der Waals surface area contributed by atoms with Gasteiger partial charge in [-0.2, -0.15) is 0 Å². The van der Waals surface area contributed by atoms with Gasteiger partial charge in [0.2, 0.25) is 0 Å². The lowest BCUT2D eigenvalue weighted by atomic mass is 10.1. The smallest absolute Gasteiger partial charge is 0.152 e. The molecule has 5 heteroatoms. The van der Waals surface area contributed by atoms with E-state index in [2.05, 4.69) is 28.4 Å². The Kier molecular flexibility index (Phi) is 2.55. The van der Waals surface area contributed by atoms with E-state index in [-0.39, 0.29) is 0 Å². The Labute approximate surface area is 111 Å². The maximum Gasteiger partial charge on any atom is 0.152 e. The van der Waals surface area contributed by atoms with Gasteiger partial charge in [-0.15, -0.1) is 0 Å². The lowest BCUT2D eigenvalue weighted by molar-refractivity contribution is 0.533. The van der Waals surface area contributed by atoms with Crippen molar-refractivity contribution in [3.05, 3.63) is 24.5 Å². The predicted molar refractivity (Wildman–Crippen MR) is 78.7 cm³/mol. The first kappa shape index (κ1) is 11.8. The maximum atomic E-state index is 5.99. The van der Waals surface area contributed by atoms with Crippen LogP contribution in [0.25, 0.3) is 21.9 Å². The molecule has 0 amide bonds. The second kappa shape index (κ2) is 4.12. The average molecular weight is 255 g/mol. The number of fused-ring (bicyclic) bond motifs is 3. The molecule has 0 atom stereocenters. The van der Waals surface area contributed by atoms with Crippen molar-refractivity contribution in [2.24, 2.45) is 5.92 Å². The number of pyridine rings is 1. The van der Waals surface area contributed by atoms with Crippen molar-refractivity contribution in [3.63, 3.8) is 0 Å². The second-order valence-corrected chi connectivity index (χ2v) is 5.26. The van der Waals surface area contributed by atoms with Crippen LogP contribution in [0.4, 0.5) is 11.5 Å². The highest BCUT2D eigenvalue weighted by Gasteiger charge is 2.13. The van der Waals surface area contributed by atoms with Gasteiger partial charge in [0.1, 0.15) is 5.52 Å². The van der Waals surface area contributed by atoms with Crippen LogP contribution in [0.2, 0.25) is 0 Å². The number of anilines is 2. The Balaban J connectivity index is 2.41. The largest absolute Gasteiger partial charge is 0.399 e. The van der Waals surface area contributed by atoms with Crippen molar-refractivity contribution in [1.29, 1.82) is 0 Å². The summed E-state index contributed by atoms with van der Waals surface area (Å²) >= 11 is 0. The third-order valence-corrected chi connectivity index (χ3v) is 3.16. The first-order chi connectivity index (χ1) is 9.06. The number of hydrogen-bond donors (Lipinski definition) is 2. The fourth-order valence-corrected chi connectivity index (χ4v) is 2.41. The van der Waals surface area contributed by atoms with Crippen LogP contribution >= 0.6 is 0 Å². The van der Waals surface area contributed by atoms with Crippen molar-refractivity contribution in [1.82, 2.24) is 14.5 Å². The van der Waals surface area contributed by atoms with Gasteiger partial charge in [-0.05, 0) is 24.1 Å². The van der Waals surface area contributed by atoms with E-state index < -0.39 is 0 Å². The summed E-state index contributed by atoms with van der Waals surface area (Å²) in [5.41, 5.74) is 15.2. The molecule has 0 radical (unpaired) electrons. The van der Waals surface area contributed by atoms with E-state index in [0.29, 0.717) is 11.7 Å². The third kappa shape index (κ3) is 1.87. The quantitative estimate of drug-likeness (QED) is 0.689. The van der Waals surface area contributed by atoms with Gasteiger partial charge >= 0.3 is 0 Å². The van der Waals surface area contributed by atoms with E-state index in [1.54, 1.807) is 0 Å². The van der Waals surface area contributed by atoms with E-state index in [1.165, 1.54) is 0 Å². The zero-order valence-corrected chi connectivity index (χ0v) is 11.1. The van der Waals surface area contributed by atoms with E-state index in [0.717, 1.165) is 34.2 Å². The van der Waals surface area contributed by atoms with Crippen LogP contribution in [0, 0.1) is 5.92 Å². The second-order valence-electron chi connectivity index (χ2n) is 5.26. The Morgan fingerprint density at radius 3 is 2.79 bits per heavy atom. The summed E-state index contributed by atoms with van der Waals surface area (Å²) in [6, 6.07) is 5.67. The molecule has 98 valence electrons. The normalized spacial score (nSPS) is 11.7. The standard InChI is InChI=1S/C14H17N5/c1-8(2)6-19-7-17-12-13(19)10-5-9(15)3-4-11(10)18-14(12)16/h3-5,7-8H,6,15H2,1-2H3,(H2,16,18). The molecule has 2 aromatic heterocycles. The lowest BCUT2D eigenvalue weighted by Gasteiger charge is -2.10. The molecule has 0 spiro atoms. The summed E-state index contributed by atoms with van der Waals surface area (Å²) in [5.74, 6) is 0.998. The van der Waals surface area contributed by atoms with Crippen LogP contribution < -0.4 is 11.5 Å². The van der Waals surface area contributed by atoms with Gasteiger partial charge in [0.15, 0.2) is 5.82 Å². The molecular formula is C14H17N5. The van der Waals surface area contributed by atoms with Gasteiger partial charge in [0.05, 0.1) is 17.4 Å². The monoisotopic (exact) mass is 255 g/mol. The third-order valence-electron chi connectivity index (χ3n) is 3.16. The molecule has 3 rings (SSSR count). The number of imidazole rings is 1. The minimum atomic E-state index is 0.467. The molecule has 3 aromatic rings. The van der Waals surface area contributed by atoms with Crippen LogP contribution in [0.1, 0.15) is 13.8 Å². The zero-order valence-electron chi connectivity index (χ0n) is 11.1. The Bertz CT molecular complexity index is 757. The fraction of sp³-hybridized carbons (Fsp3) is 0.286. The number of aromatic nitrogens is 3. The molecule has 4 N–H and O–H groups in total. The van der Waals surface area contributed by atoms with Crippen LogP contribution in [-0.2, 0) is 6.54 Å². The van der Waals surface area contributed by atoms with Crippen LogP contribution in [-0.4, -0.2) is 14.5 Å². The Hall–Kier alpha value is -2.30. The van der Waals surface area contributed by atoms with Crippen molar-refractivity contribution in [2.45, 2.75) is 20.4 Å². The van der Waals surface area contributed by atoms with E-state index in [9.17, 15) is 0 Å². The number of nitrogens with two attached hydrogens (primary N) is 2. The zero-order chi connectivity index (χ0) is 13.6. The highest BCUT2D eigenvalue weighted by Crippen LogP contribution is 2.28. The Morgan fingerprint density at radius 1 is 1.26 bits per heavy atom. The van der Waals surface area contributed by atoms with E-state index >= 15 is 0 Å². The summed E-state index contributed by atoms with van der Waals surface area (Å²) in [6.45, 7) is 5.24. The molecule has 2 heterocycles. The van der Waals surface area contributed by atoms with Crippen LogP contribution in [0.5, 0.6) is 0 Å². The van der Waals surface area contributed by atoms with Crippen molar-refractivity contribution >= 4 is 33.4 Å². The summed E-state index contributed by atoms with van der Waals surface area (Å²) in [7, 11) is 0. The van der Waals surface area contributed by atoms with Gasteiger partial charge in [0.25, 0.3) is 0 Å². The van der Waals surface area contributed by atoms with Crippen LogP contribution in [0.15, 0.2) is 24.5 Å². The minimum absolute atomic E-state index is 0.467. The number of nitrogens with zero attached hydrogens (tertiary/aromatic N) is 3. The van der Waals surface area contributed by atoms with Gasteiger partial charge in [-0.1, -0.05) is 13.8 Å². The van der Waals surface area contributed by atoms with Gasteiger partial charge in [-0.25, -0.2) is 9.97 Å². The van der Waals surface area contributed by atoms with Crippen molar-refractivity contribution in [3.8, 4) is 0 Å². The van der Waals surface area contributed by atoms with Gasteiger partial charge in [0, 0.05) is 17.6 Å². The van der Waals surface area contributed by atoms with Gasteiger partial charge < -0.3 is 16.0 Å². The minimum Gasteiger partial charge on any atom is -0.399 e. The fourth-order valence-electron chi connectivity index (χ4n) is 2.41. The summed E-state index contributed by atoms with van der Waals surface area (Å²) in [6.07, 6.45) is 1.82. The average Bonchev–Trinajstić information content (AvgIpc) is 2.74. The van der Waals surface area contributed by atoms with Crippen LogP contribution in [0.3, 0.4) is 0 Å². The maximum absolute atomic E-state index is 5.99. The number of benzene rings is 1. The molecule has 0 aliphatic rings. The topological polar surface area (TPSA) is 82.8 Å². The van der Waals surface area contributed by atoms with E-state index in [1.807, 2.05) is 24.5 Å². The van der Waals surface area contributed by atoms with Crippen molar-refractivity contribution < 1.29 is 0 Å². The predicted octanol–water partition coefficient (Wildman–Crippen LogP) is 2.40. The molecule has 0 saturated heterocycles. The van der Waals surface area contributed by atoms with Gasteiger partial charge in [-0.3, -0.25) is 0 Å². The summed E-state index contributed by atoms with van der Waals surface area (Å²) in [4.78, 5) is 8.77. The lowest BCUT2D eigenvalue weighted by Crippen LogP contribution is -2.04. The SMILES string of the molecule is CC(C)Cn1cnc2c(N)nc3ccc(N)cc3c21. The molecule has 0 bridgehead atoms. The van der Waals surface area contributed by atoms with E-state index in [4.69, 9.17) is 11.5 Å². The molecule has 0 aliphatic heterocycles. The van der Waals surface area contributed by atoms with Crippen molar-refractivity contribution in [2.75, 3.05) is 11.5 Å².